The summed E-state index contributed by atoms with van der Waals surface area (Å²) in [7, 11) is 0. The molecule has 0 amide bonds. The first-order valence-corrected chi connectivity index (χ1v) is 5.96. The molecular formula is C11H14N2O6. The number of nitrogens with one attached hydrogen (secondary N) is 1. The van der Waals surface area contributed by atoms with E-state index in [0.29, 0.717) is 0 Å². The molecule has 0 spiro atoms. The third kappa shape index (κ3) is 2.02. The van der Waals surface area contributed by atoms with Crippen molar-refractivity contribution in [2.24, 2.45) is 0 Å². The quantitative estimate of drug-likeness (QED) is 0.682. The Balaban J connectivity index is 1.97. The first kappa shape index (κ1) is 12.5. The van der Waals surface area contributed by atoms with Crippen molar-refractivity contribution in [1.29, 1.82) is 0 Å². The normalized spacial score (nSPS) is 35.3. The molecule has 3 rings (SSSR count). The maximum absolute atomic E-state index is 11.8. The Hall–Kier alpha value is -1.48. The van der Waals surface area contributed by atoms with Gasteiger partial charge >= 0.3 is 5.69 Å². The first-order valence-electron chi connectivity index (χ1n) is 5.96. The van der Waals surface area contributed by atoms with Gasteiger partial charge in [0.1, 0.15) is 25.1 Å². The zero-order valence-corrected chi connectivity index (χ0v) is 10.2. The minimum atomic E-state index is -0.752. The molecule has 2 aliphatic rings. The zero-order valence-electron chi connectivity index (χ0n) is 10.2. The third-order valence-corrected chi connectivity index (χ3v) is 3.35. The van der Waals surface area contributed by atoms with E-state index in [1.807, 2.05) is 0 Å². The van der Waals surface area contributed by atoms with Gasteiger partial charge < -0.3 is 19.3 Å². The van der Waals surface area contributed by atoms with E-state index in [0.717, 1.165) is 0 Å². The smallest absolute Gasteiger partial charge is 0.330 e. The minimum absolute atomic E-state index is 0.0938. The average Bonchev–Trinajstić information content (AvgIpc) is 2.90. The number of aromatic nitrogens is 2. The van der Waals surface area contributed by atoms with Gasteiger partial charge in [-0.15, -0.1) is 0 Å². The lowest BCUT2D eigenvalue weighted by Gasteiger charge is -2.19. The Bertz CT molecular complexity index is 579. The monoisotopic (exact) mass is 270 g/mol. The summed E-state index contributed by atoms with van der Waals surface area (Å²) in [4.78, 5) is 25.0. The number of nitrogens with zero attached hydrogens (tertiary/aromatic N) is 1. The van der Waals surface area contributed by atoms with Gasteiger partial charge in [0.25, 0.3) is 5.56 Å². The van der Waals surface area contributed by atoms with Crippen molar-refractivity contribution in [3.05, 3.63) is 33.1 Å². The lowest BCUT2D eigenvalue weighted by Crippen LogP contribution is -2.37. The Kier molecular flexibility index (Phi) is 3.02. The highest BCUT2D eigenvalue weighted by atomic mass is 16.7. The van der Waals surface area contributed by atoms with Crippen molar-refractivity contribution in [2.75, 3.05) is 6.79 Å². The summed E-state index contributed by atoms with van der Waals surface area (Å²) >= 11 is 0. The van der Waals surface area contributed by atoms with E-state index >= 15 is 0 Å². The fourth-order valence-electron chi connectivity index (χ4n) is 2.47. The Morgan fingerprint density at radius 3 is 2.84 bits per heavy atom. The molecule has 104 valence electrons. The molecule has 5 atom stereocenters. The van der Waals surface area contributed by atoms with E-state index in [-0.39, 0.29) is 6.79 Å². The van der Waals surface area contributed by atoms with Crippen LogP contribution in [-0.2, 0) is 14.2 Å². The van der Waals surface area contributed by atoms with Crippen LogP contribution >= 0.6 is 0 Å². The van der Waals surface area contributed by atoms with Crippen LogP contribution in [0.25, 0.3) is 0 Å². The summed E-state index contributed by atoms with van der Waals surface area (Å²) in [5.74, 6) is 0. The largest absolute Gasteiger partial charge is 0.391 e. The van der Waals surface area contributed by atoms with Gasteiger partial charge in [0.05, 0.1) is 6.10 Å². The highest BCUT2D eigenvalue weighted by molar-refractivity contribution is 4.97. The Morgan fingerprint density at radius 1 is 1.42 bits per heavy atom. The predicted molar refractivity (Wildman–Crippen MR) is 61.5 cm³/mol. The van der Waals surface area contributed by atoms with Gasteiger partial charge in [0, 0.05) is 12.3 Å². The molecule has 0 unspecified atom stereocenters. The number of H-pyrrole nitrogens is 1. The van der Waals surface area contributed by atoms with Crippen LogP contribution in [0.2, 0.25) is 0 Å². The number of rotatable bonds is 2. The lowest BCUT2D eigenvalue weighted by molar-refractivity contribution is -0.127. The van der Waals surface area contributed by atoms with Crippen LogP contribution in [0.4, 0.5) is 0 Å². The van der Waals surface area contributed by atoms with Gasteiger partial charge in [-0.2, -0.15) is 0 Å². The van der Waals surface area contributed by atoms with Crippen LogP contribution in [0.3, 0.4) is 0 Å². The Morgan fingerprint density at radius 2 is 2.16 bits per heavy atom. The molecule has 2 N–H and O–H groups in total. The summed E-state index contributed by atoms with van der Waals surface area (Å²) in [6.07, 6.45) is -1.62. The lowest BCUT2D eigenvalue weighted by atomic mass is 10.1. The van der Waals surface area contributed by atoms with Gasteiger partial charge in [-0.3, -0.25) is 14.3 Å². The predicted octanol–water partition coefficient (Wildman–Crippen LogP) is -1.44. The fraction of sp³-hybridized carbons (Fsp3) is 0.636. The first-order chi connectivity index (χ1) is 9.08. The highest BCUT2D eigenvalue weighted by Crippen LogP contribution is 2.37. The van der Waals surface area contributed by atoms with Crippen molar-refractivity contribution < 1.29 is 19.3 Å². The van der Waals surface area contributed by atoms with Crippen LogP contribution in [0.1, 0.15) is 13.2 Å². The number of hydrogen-bond donors (Lipinski definition) is 2. The number of ether oxygens (including phenoxy) is 3. The maximum atomic E-state index is 11.8. The van der Waals surface area contributed by atoms with Gasteiger partial charge in [0.15, 0.2) is 6.23 Å². The van der Waals surface area contributed by atoms with E-state index in [2.05, 4.69) is 4.98 Å². The summed E-state index contributed by atoms with van der Waals surface area (Å²) in [5.41, 5.74) is -1.07. The van der Waals surface area contributed by atoms with Crippen molar-refractivity contribution in [2.45, 2.75) is 37.6 Å². The molecule has 0 aromatic carbocycles. The molecule has 0 aliphatic carbocycles. The number of aromatic amines is 1. The molecule has 2 fully saturated rings. The number of aliphatic hydroxyl groups excluding tert-OH is 1. The van der Waals surface area contributed by atoms with Gasteiger partial charge in [0.2, 0.25) is 0 Å². The van der Waals surface area contributed by atoms with Crippen molar-refractivity contribution in [3.8, 4) is 0 Å². The van der Waals surface area contributed by atoms with E-state index in [1.165, 1.54) is 16.8 Å². The van der Waals surface area contributed by atoms with Crippen molar-refractivity contribution in [3.63, 3.8) is 0 Å². The standard InChI is InChI=1S/C11H14N2O6/c1-5(14)7-8-9(18-4-17-8)10(19-7)13-3-2-6(15)12-11(13)16/h2-3,5,7-10,14H,4H2,1H3,(H,12,15,16)/t5-,7+,8+,9+,10+/m0/s1. The van der Waals surface area contributed by atoms with E-state index in [9.17, 15) is 14.7 Å². The molecular weight excluding hydrogens is 256 g/mol. The zero-order chi connectivity index (χ0) is 13.6. The summed E-state index contributed by atoms with van der Waals surface area (Å²) in [6, 6.07) is 1.23. The van der Waals surface area contributed by atoms with Gasteiger partial charge in [-0.05, 0) is 6.92 Å². The molecule has 1 aromatic rings. The van der Waals surface area contributed by atoms with Gasteiger partial charge in [-0.25, -0.2) is 4.79 Å². The second-order valence-electron chi connectivity index (χ2n) is 4.63. The van der Waals surface area contributed by atoms with Crippen molar-refractivity contribution in [1.82, 2.24) is 9.55 Å². The highest BCUT2D eigenvalue weighted by Gasteiger charge is 2.52. The number of hydrogen-bond acceptors (Lipinski definition) is 6. The summed E-state index contributed by atoms with van der Waals surface area (Å²) in [5, 5.41) is 9.67. The summed E-state index contributed by atoms with van der Waals surface area (Å²) < 4.78 is 17.6. The van der Waals surface area contributed by atoms with Crippen LogP contribution in [0.5, 0.6) is 0 Å². The fourth-order valence-corrected chi connectivity index (χ4v) is 2.47. The van der Waals surface area contributed by atoms with Gasteiger partial charge in [-0.1, -0.05) is 0 Å². The molecule has 8 heteroatoms. The molecule has 2 saturated heterocycles. The number of fused-ring (bicyclic) bond motifs is 1. The molecule has 2 aliphatic heterocycles. The molecule has 8 nitrogen and oxygen atoms in total. The van der Waals surface area contributed by atoms with E-state index in [1.54, 1.807) is 6.92 Å². The van der Waals surface area contributed by atoms with Crippen LogP contribution in [0, 0.1) is 0 Å². The molecule has 0 saturated carbocycles. The van der Waals surface area contributed by atoms with Crippen LogP contribution in [-0.4, -0.2) is 45.9 Å². The number of aliphatic hydroxyl groups is 1. The van der Waals surface area contributed by atoms with E-state index < -0.39 is 41.9 Å². The SMILES string of the molecule is C[C@H](O)[C@H]1O[C@@H](n2ccc(=O)[nH]c2=O)[C@@H]2OCO[C@@H]21. The molecule has 0 bridgehead atoms. The third-order valence-electron chi connectivity index (χ3n) is 3.35. The maximum Gasteiger partial charge on any atom is 0.330 e. The second kappa shape index (κ2) is 4.57. The topological polar surface area (TPSA) is 103 Å². The van der Waals surface area contributed by atoms with Crippen LogP contribution in [0.15, 0.2) is 21.9 Å². The average molecular weight is 270 g/mol. The minimum Gasteiger partial charge on any atom is -0.391 e. The molecule has 1 aromatic heterocycles. The Labute approximate surface area is 107 Å². The van der Waals surface area contributed by atoms with Crippen molar-refractivity contribution >= 4 is 0 Å². The molecule has 3 heterocycles. The second-order valence-corrected chi connectivity index (χ2v) is 4.63. The van der Waals surface area contributed by atoms with E-state index in [4.69, 9.17) is 14.2 Å². The molecule has 0 radical (unpaired) electrons. The van der Waals surface area contributed by atoms with Crippen LogP contribution < -0.4 is 11.2 Å². The molecule has 19 heavy (non-hydrogen) atoms. The summed E-state index contributed by atoms with van der Waals surface area (Å²) in [6.45, 7) is 1.68.